The van der Waals surface area contributed by atoms with Gasteiger partial charge in [-0.25, -0.2) is 0 Å². The van der Waals surface area contributed by atoms with Gasteiger partial charge in [0.05, 0.1) is 14.2 Å². The molecule has 0 radical (unpaired) electrons. The zero-order valence-electron chi connectivity index (χ0n) is 20.0. The number of guanidine groups is 1. The van der Waals surface area contributed by atoms with Crippen LogP contribution in [0.1, 0.15) is 37.7 Å². The number of likely N-dealkylation sites (N-methyl/N-ethyl adjacent to an activating group) is 2. The Morgan fingerprint density at radius 1 is 1.06 bits per heavy atom. The summed E-state index contributed by atoms with van der Waals surface area (Å²) in [4.78, 5) is 9.34. The summed E-state index contributed by atoms with van der Waals surface area (Å²) >= 11 is 0. The zero-order chi connectivity index (χ0) is 22.3. The molecule has 1 aromatic rings. The monoisotopic (exact) mass is 431 g/mol. The fraction of sp³-hybridized carbons (Fsp3) is 0.708. The molecule has 1 aliphatic heterocycles. The smallest absolute Gasteiger partial charge is 0.191 e. The van der Waals surface area contributed by atoms with Crippen molar-refractivity contribution in [2.45, 2.75) is 43.6 Å². The highest BCUT2D eigenvalue weighted by molar-refractivity contribution is 5.79. The normalized spacial score (nSPS) is 22.7. The Kier molecular flexibility index (Phi) is 8.43. The lowest BCUT2D eigenvalue weighted by molar-refractivity contribution is 0.116. The summed E-state index contributed by atoms with van der Waals surface area (Å²) in [5, 5.41) is 7.21. The van der Waals surface area contributed by atoms with Gasteiger partial charge < -0.3 is 25.0 Å². The summed E-state index contributed by atoms with van der Waals surface area (Å²) in [6, 6.07) is 6.89. The lowest BCUT2D eigenvalue weighted by atomic mass is 9.69. The highest BCUT2D eigenvalue weighted by Gasteiger charge is 2.35. The Balaban J connectivity index is 1.68. The predicted molar refractivity (Wildman–Crippen MR) is 128 cm³/mol. The molecule has 0 amide bonds. The Labute approximate surface area is 188 Å². The van der Waals surface area contributed by atoms with Crippen LogP contribution in [-0.2, 0) is 5.41 Å². The van der Waals surface area contributed by atoms with Crippen molar-refractivity contribution in [1.82, 2.24) is 20.4 Å². The van der Waals surface area contributed by atoms with Crippen LogP contribution in [-0.4, -0.2) is 89.9 Å². The number of ether oxygens (including phenoxy) is 2. The standard InChI is InChI=1S/C24H41N5O2/c1-25-23(26-16-20-17-28(2)13-14-29(20)3)27-18-24(11-7-6-8-12-24)19-9-10-21(30-4)22(15-19)31-5/h9-10,15,20H,6-8,11-14,16-18H2,1-5H3,(H2,25,26,27). The number of nitrogens with one attached hydrogen (secondary N) is 2. The molecule has 1 unspecified atom stereocenters. The van der Waals surface area contributed by atoms with Gasteiger partial charge in [-0.2, -0.15) is 0 Å². The molecule has 1 aromatic carbocycles. The lowest BCUT2D eigenvalue weighted by Gasteiger charge is -2.39. The summed E-state index contributed by atoms with van der Waals surface area (Å²) in [5.74, 6) is 2.47. The summed E-state index contributed by atoms with van der Waals surface area (Å²) in [5.41, 5.74) is 1.40. The third kappa shape index (κ3) is 5.83. The van der Waals surface area contributed by atoms with E-state index in [2.05, 4.69) is 51.7 Å². The van der Waals surface area contributed by atoms with E-state index >= 15 is 0 Å². The fourth-order valence-corrected chi connectivity index (χ4v) is 4.97. The van der Waals surface area contributed by atoms with E-state index in [-0.39, 0.29) is 5.41 Å². The van der Waals surface area contributed by atoms with E-state index in [0.717, 1.165) is 50.2 Å². The van der Waals surface area contributed by atoms with E-state index in [0.29, 0.717) is 6.04 Å². The minimum absolute atomic E-state index is 0.0806. The zero-order valence-corrected chi connectivity index (χ0v) is 20.0. The second kappa shape index (κ2) is 11.0. The number of nitrogens with zero attached hydrogens (tertiary/aromatic N) is 3. The van der Waals surface area contributed by atoms with Gasteiger partial charge in [0.15, 0.2) is 17.5 Å². The number of methoxy groups -OCH3 is 2. The Morgan fingerprint density at radius 3 is 2.48 bits per heavy atom. The molecular formula is C24H41N5O2. The first kappa shape index (κ1) is 23.7. The topological polar surface area (TPSA) is 61.4 Å². The maximum absolute atomic E-state index is 5.59. The summed E-state index contributed by atoms with van der Waals surface area (Å²) < 4.78 is 11.0. The second-order valence-electron chi connectivity index (χ2n) is 9.11. The van der Waals surface area contributed by atoms with Gasteiger partial charge in [0.25, 0.3) is 0 Å². The number of piperazine rings is 1. The van der Waals surface area contributed by atoms with Crippen molar-refractivity contribution in [2.75, 3.05) is 68.1 Å². The molecule has 0 bridgehead atoms. The van der Waals surface area contributed by atoms with E-state index in [9.17, 15) is 0 Å². The van der Waals surface area contributed by atoms with Crippen LogP contribution in [0.2, 0.25) is 0 Å². The van der Waals surface area contributed by atoms with Crippen molar-refractivity contribution in [1.29, 1.82) is 0 Å². The first-order valence-electron chi connectivity index (χ1n) is 11.6. The van der Waals surface area contributed by atoms with Crippen molar-refractivity contribution in [3.05, 3.63) is 23.8 Å². The quantitative estimate of drug-likeness (QED) is 0.510. The number of hydrogen-bond acceptors (Lipinski definition) is 5. The number of hydrogen-bond donors (Lipinski definition) is 2. The highest BCUT2D eigenvalue weighted by Crippen LogP contribution is 2.42. The molecule has 1 atom stereocenters. The van der Waals surface area contributed by atoms with E-state index in [1.54, 1.807) is 14.2 Å². The molecule has 0 aromatic heterocycles. The molecule has 31 heavy (non-hydrogen) atoms. The molecule has 2 N–H and O–H groups in total. The fourth-order valence-electron chi connectivity index (χ4n) is 4.97. The molecule has 3 rings (SSSR count). The van der Waals surface area contributed by atoms with Crippen molar-refractivity contribution in [2.24, 2.45) is 4.99 Å². The van der Waals surface area contributed by atoms with Crippen molar-refractivity contribution >= 4 is 5.96 Å². The van der Waals surface area contributed by atoms with E-state index in [1.807, 2.05) is 13.1 Å². The van der Waals surface area contributed by atoms with Gasteiger partial charge in [-0.05, 0) is 44.6 Å². The lowest BCUT2D eigenvalue weighted by Crippen LogP contribution is -2.56. The van der Waals surface area contributed by atoms with Crippen LogP contribution in [0, 0.1) is 0 Å². The van der Waals surface area contributed by atoms with Crippen LogP contribution in [0.25, 0.3) is 0 Å². The van der Waals surface area contributed by atoms with Crippen LogP contribution in [0.3, 0.4) is 0 Å². The summed E-state index contributed by atoms with van der Waals surface area (Å²) in [6.45, 7) is 5.08. The minimum atomic E-state index is 0.0806. The molecule has 1 saturated heterocycles. The molecule has 174 valence electrons. The van der Waals surface area contributed by atoms with Gasteiger partial charge in [0, 0.05) is 51.2 Å². The van der Waals surface area contributed by atoms with E-state index in [1.165, 1.54) is 37.7 Å². The molecule has 7 heteroatoms. The molecule has 1 heterocycles. The van der Waals surface area contributed by atoms with Gasteiger partial charge in [0.1, 0.15) is 0 Å². The average Bonchev–Trinajstić information content (AvgIpc) is 2.81. The molecule has 1 saturated carbocycles. The molecular weight excluding hydrogens is 390 g/mol. The Morgan fingerprint density at radius 2 is 1.81 bits per heavy atom. The SMILES string of the molecule is CN=C(NCC1CN(C)CCN1C)NCC1(c2ccc(OC)c(OC)c2)CCCCC1. The van der Waals surface area contributed by atoms with Crippen molar-refractivity contribution in [3.8, 4) is 11.5 Å². The van der Waals surface area contributed by atoms with E-state index in [4.69, 9.17) is 9.47 Å². The van der Waals surface area contributed by atoms with Gasteiger partial charge in [-0.15, -0.1) is 0 Å². The maximum Gasteiger partial charge on any atom is 0.191 e. The number of benzene rings is 1. The molecule has 0 spiro atoms. The van der Waals surface area contributed by atoms with Gasteiger partial charge in [0.2, 0.25) is 0 Å². The van der Waals surface area contributed by atoms with Gasteiger partial charge >= 0.3 is 0 Å². The van der Waals surface area contributed by atoms with Crippen LogP contribution in [0.5, 0.6) is 11.5 Å². The van der Waals surface area contributed by atoms with Crippen LogP contribution in [0.4, 0.5) is 0 Å². The first-order chi connectivity index (χ1) is 15.0. The average molecular weight is 432 g/mol. The number of aliphatic imine (C=N–C) groups is 1. The maximum atomic E-state index is 5.59. The van der Waals surface area contributed by atoms with Crippen molar-refractivity contribution < 1.29 is 9.47 Å². The first-order valence-corrected chi connectivity index (χ1v) is 11.6. The summed E-state index contributed by atoms with van der Waals surface area (Å²) in [7, 11) is 9.66. The Bertz CT molecular complexity index is 733. The van der Waals surface area contributed by atoms with Gasteiger partial charge in [-0.3, -0.25) is 9.89 Å². The third-order valence-electron chi connectivity index (χ3n) is 7.11. The Hall–Kier alpha value is -1.99. The molecule has 7 nitrogen and oxygen atoms in total. The van der Waals surface area contributed by atoms with Crippen molar-refractivity contribution in [3.63, 3.8) is 0 Å². The molecule has 2 fully saturated rings. The van der Waals surface area contributed by atoms with Crippen LogP contribution in [0.15, 0.2) is 23.2 Å². The third-order valence-corrected chi connectivity index (χ3v) is 7.11. The number of rotatable bonds is 7. The molecule has 2 aliphatic rings. The van der Waals surface area contributed by atoms with E-state index < -0.39 is 0 Å². The minimum Gasteiger partial charge on any atom is -0.493 e. The van der Waals surface area contributed by atoms with Crippen LogP contribution < -0.4 is 20.1 Å². The molecule has 1 aliphatic carbocycles. The summed E-state index contributed by atoms with van der Waals surface area (Å²) in [6.07, 6.45) is 6.15. The largest absolute Gasteiger partial charge is 0.493 e. The second-order valence-corrected chi connectivity index (χ2v) is 9.11. The highest BCUT2D eigenvalue weighted by atomic mass is 16.5. The van der Waals surface area contributed by atoms with Gasteiger partial charge in [-0.1, -0.05) is 25.3 Å². The predicted octanol–water partition coefficient (Wildman–Crippen LogP) is 2.32. The van der Waals surface area contributed by atoms with Crippen LogP contribution >= 0.6 is 0 Å².